The van der Waals surface area contributed by atoms with Gasteiger partial charge in [-0.15, -0.1) is 0 Å². The molecule has 0 radical (unpaired) electrons. The first-order chi connectivity index (χ1) is 14.9. The third-order valence-corrected chi connectivity index (χ3v) is 7.27. The molecule has 0 aliphatic carbocycles. The zero-order valence-electron chi connectivity index (χ0n) is 24.5. The van der Waals surface area contributed by atoms with Crippen LogP contribution in [-0.4, -0.2) is 0 Å². The molecule has 0 aliphatic heterocycles. The Balaban J connectivity index is 3.67. The summed E-state index contributed by atoms with van der Waals surface area (Å²) in [5.74, 6) is 0.832. The molecule has 0 saturated heterocycles. The first-order valence-electron chi connectivity index (χ1n) is 14.9. The third kappa shape index (κ3) is 21.8. The summed E-state index contributed by atoms with van der Waals surface area (Å²) in [5.41, 5.74) is 1.41. The molecule has 0 aromatic rings. The molecule has 1 unspecified atom stereocenters. The molecule has 0 fully saturated rings. The van der Waals surface area contributed by atoms with Crippen LogP contribution in [0.4, 0.5) is 0 Å². The molecule has 1 atom stereocenters. The van der Waals surface area contributed by atoms with E-state index in [1.165, 1.54) is 122 Å². The van der Waals surface area contributed by atoms with Gasteiger partial charge in [-0.3, -0.25) is 0 Å². The van der Waals surface area contributed by atoms with Gasteiger partial charge in [0, 0.05) is 0 Å². The zero-order valence-corrected chi connectivity index (χ0v) is 24.5. The van der Waals surface area contributed by atoms with E-state index in [0.717, 1.165) is 5.92 Å². The Morgan fingerprint density at radius 2 is 0.812 bits per heavy atom. The van der Waals surface area contributed by atoms with Crippen LogP contribution < -0.4 is 0 Å². The van der Waals surface area contributed by atoms with E-state index in [-0.39, 0.29) is 0 Å². The lowest BCUT2D eigenvalue weighted by atomic mass is 9.69. The summed E-state index contributed by atoms with van der Waals surface area (Å²) in [7, 11) is 0. The first kappa shape index (κ1) is 32.0. The average molecular weight is 451 g/mol. The van der Waals surface area contributed by atoms with Crippen molar-refractivity contribution in [2.75, 3.05) is 0 Å². The number of hydrogen-bond donors (Lipinski definition) is 0. The molecule has 0 nitrogen and oxygen atoms in total. The summed E-state index contributed by atoms with van der Waals surface area (Å²) >= 11 is 0. The molecule has 32 heavy (non-hydrogen) atoms. The van der Waals surface area contributed by atoms with Crippen molar-refractivity contribution in [2.45, 2.75) is 184 Å². The maximum atomic E-state index is 2.52. The molecule has 0 aromatic carbocycles. The molecular formula is C32H66. The third-order valence-electron chi connectivity index (χ3n) is 7.27. The van der Waals surface area contributed by atoms with Crippen molar-refractivity contribution in [3.63, 3.8) is 0 Å². The maximum Gasteiger partial charge on any atom is -0.0347 e. The van der Waals surface area contributed by atoms with Crippen LogP contribution in [0, 0.1) is 22.2 Å². The Kier molecular flexibility index (Phi) is 17.4. The fourth-order valence-electron chi connectivity index (χ4n) is 6.54. The molecule has 0 rings (SSSR count). The quantitative estimate of drug-likeness (QED) is 0.152. The monoisotopic (exact) mass is 451 g/mol. The number of hydrogen-bond acceptors (Lipinski definition) is 0. The summed E-state index contributed by atoms with van der Waals surface area (Å²) < 4.78 is 0. The molecular weight excluding hydrogens is 384 g/mol. The summed E-state index contributed by atoms with van der Waals surface area (Å²) in [6, 6.07) is 0. The number of unbranched alkanes of at least 4 members (excludes halogenated alkanes) is 14. The fraction of sp³-hybridized carbons (Fsp3) is 1.00. The van der Waals surface area contributed by atoms with E-state index in [2.05, 4.69) is 62.3 Å². The predicted octanol–water partition coefficient (Wildman–Crippen LogP) is 12.2. The van der Waals surface area contributed by atoms with E-state index in [1.54, 1.807) is 0 Å². The van der Waals surface area contributed by atoms with Crippen molar-refractivity contribution in [3.05, 3.63) is 0 Å². The van der Waals surface area contributed by atoms with Crippen LogP contribution in [0.25, 0.3) is 0 Å². The minimum Gasteiger partial charge on any atom is -0.0654 e. The van der Waals surface area contributed by atoms with Gasteiger partial charge in [0.25, 0.3) is 0 Å². The molecule has 0 heterocycles. The predicted molar refractivity (Wildman–Crippen MR) is 150 cm³/mol. The SMILES string of the molecule is CCCCCCCCCCCCCCCCCC(C)(C)CC(C)CC(C)(C)CC(C)(C)C. The molecule has 0 aliphatic rings. The van der Waals surface area contributed by atoms with Crippen LogP contribution in [-0.2, 0) is 0 Å². The highest BCUT2D eigenvalue weighted by molar-refractivity contribution is 4.80. The lowest BCUT2D eigenvalue weighted by Gasteiger charge is -2.37. The van der Waals surface area contributed by atoms with E-state index in [1.807, 2.05) is 0 Å². The molecule has 0 heteroatoms. The van der Waals surface area contributed by atoms with Crippen molar-refractivity contribution < 1.29 is 0 Å². The van der Waals surface area contributed by atoms with Crippen molar-refractivity contribution in [3.8, 4) is 0 Å². The largest absolute Gasteiger partial charge is 0.0654 e. The van der Waals surface area contributed by atoms with Crippen molar-refractivity contribution >= 4 is 0 Å². The van der Waals surface area contributed by atoms with Gasteiger partial charge in [0.2, 0.25) is 0 Å². The standard InChI is InChI=1S/C32H66/c1-10-11-12-13-14-15-16-17-18-19-20-21-22-23-24-25-31(6,7)26-29(2)27-32(8,9)28-30(3,4)5/h29H,10-28H2,1-9H3. The van der Waals surface area contributed by atoms with Crippen LogP contribution in [0.15, 0.2) is 0 Å². The summed E-state index contributed by atoms with van der Waals surface area (Å²) in [6.07, 6.45) is 27.4. The highest BCUT2D eigenvalue weighted by atomic mass is 14.3. The van der Waals surface area contributed by atoms with Crippen LogP contribution in [0.2, 0.25) is 0 Å². The highest BCUT2D eigenvalue weighted by Gasteiger charge is 2.29. The lowest BCUT2D eigenvalue weighted by molar-refractivity contribution is 0.147. The highest BCUT2D eigenvalue weighted by Crippen LogP contribution is 2.41. The van der Waals surface area contributed by atoms with Gasteiger partial charge in [-0.05, 0) is 47.8 Å². The van der Waals surface area contributed by atoms with Crippen LogP contribution in [0.5, 0.6) is 0 Å². The van der Waals surface area contributed by atoms with Gasteiger partial charge < -0.3 is 0 Å². The minimum atomic E-state index is 0.437. The van der Waals surface area contributed by atoms with Crippen molar-refractivity contribution in [1.82, 2.24) is 0 Å². The van der Waals surface area contributed by atoms with Crippen LogP contribution in [0.1, 0.15) is 184 Å². The van der Waals surface area contributed by atoms with E-state index in [0.29, 0.717) is 16.2 Å². The smallest absolute Gasteiger partial charge is 0.0347 e. The second kappa shape index (κ2) is 17.4. The van der Waals surface area contributed by atoms with E-state index < -0.39 is 0 Å². The normalized spacial score (nSPS) is 14.2. The Labute approximate surface area is 206 Å². The molecule has 0 bridgehead atoms. The molecule has 0 aromatic heterocycles. The Morgan fingerprint density at radius 1 is 0.469 bits per heavy atom. The summed E-state index contributed by atoms with van der Waals surface area (Å²) in [4.78, 5) is 0. The molecule has 0 N–H and O–H groups in total. The van der Waals surface area contributed by atoms with Crippen LogP contribution >= 0.6 is 0 Å². The number of rotatable bonds is 21. The summed E-state index contributed by atoms with van der Waals surface area (Å²) in [5, 5.41) is 0. The van der Waals surface area contributed by atoms with Gasteiger partial charge in [-0.2, -0.15) is 0 Å². The second-order valence-corrected chi connectivity index (χ2v) is 14.3. The molecule has 194 valence electrons. The maximum absolute atomic E-state index is 2.52. The van der Waals surface area contributed by atoms with Gasteiger partial charge >= 0.3 is 0 Å². The van der Waals surface area contributed by atoms with Crippen LogP contribution in [0.3, 0.4) is 0 Å². The van der Waals surface area contributed by atoms with E-state index >= 15 is 0 Å². The van der Waals surface area contributed by atoms with Crippen molar-refractivity contribution in [2.24, 2.45) is 22.2 Å². The molecule has 0 amide bonds. The topological polar surface area (TPSA) is 0 Å². The summed E-state index contributed by atoms with van der Waals surface area (Å²) in [6.45, 7) is 22.0. The molecule has 0 saturated carbocycles. The average Bonchev–Trinajstić information content (AvgIpc) is 2.61. The van der Waals surface area contributed by atoms with Gasteiger partial charge in [-0.25, -0.2) is 0 Å². The van der Waals surface area contributed by atoms with Crippen molar-refractivity contribution in [1.29, 1.82) is 0 Å². The Bertz CT molecular complexity index is 408. The van der Waals surface area contributed by atoms with E-state index in [4.69, 9.17) is 0 Å². The fourth-order valence-corrected chi connectivity index (χ4v) is 6.54. The minimum absolute atomic E-state index is 0.437. The van der Waals surface area contributed by atoms with E-state index in [9.17, 15) is 0 Å². The Hall–Kier alpha value is 0. The first-order valence-corrected chi connectivity index (χ1v) is 14.9. The van der Waals surface area contributed by atoms with Gasteiger partial charge in [0.15, 0.2) is 0 Å². The van der Waals surface area contributed by atoms with Gasteiger partial charge in [0.05, 0.1) is 0 Å². The zero-order chi connectivity index (χ0) is 24.5. The lowest BCUT2D eigenvalue weighted by Crippen LogP contribution is -2.25. The van der Waals surface area contributed by atoms with Gasteiger partial charge in [-0.1, -0.05) is 159 Å². The second-order valence-electron chi connectivity index (χ2n) is 14.3. The Morgan fingerprint density at radius 3 is 1.19 bits per heavy atom. The van der Waals surface area contributed by atoms with Gasteiger partial charge in [0.1, 0.15) is 0 Å². The molecule has 0 spiro atoms.